The maximum atomic E-state index is 12.1. The molecule has 5 nitrogen and oxygen atoms in total. The first-order valence-electron chi connectivity index (χ1n) is 11.5. The fourth-order valence-corrected chi connectivity index (χ4v) is 4.73. The molecule has 2 atom stereocenters. The van der Waals surface area contributed by atoms with Gasteiger partial charge < -0.3 is 9.57 Å². The smallest absolute Gasteiger partial charge is 0.310 e. The molecule has 4 rings (SSSR count). The minimum atomic E-state index is -0.0714. The van der Waals surface area contributed by atoms with Crippen LogP contribution in [-0.4, -0.2) is 49.4 Å². The number of oxime groups is 1. The van der Waals surface area contributed by atoms with Crippen LogP contribution < -0.4 is 0 Å². The van der Waals surface area contributed by atoms with Gasteiger partial charge in [-0.3, -0.25) is 9.69 Å². The summed E-state index contributed by atoms with van der Waals surface area (Å²) in [6, 6.07) is 19.1. The predicted octanol–water partition coefficient (Wildman–Crippen LogP) is 4.41. The minimum absolute atomic E-state index is 0.0207. The van der Waals surface area contributed by atoms with Crippen LogP contribution in [0.5, 0.6) is 0 Å². The van der Waals surface area contributed by atoms with Gasteiger partial charge in [-0.15, -0.1) is 0 Å². The fraction of sp³-hybridized carbons (Fsp3) is 0.462. The molecule has 1 aliphatic heterocycles. The van der Waals surface area contributed by atoms with Gasteiger partial charge in [0.15, 0.2) is 0 Å². The Morgan fingerprint density at radius 2 is 1.90 bits per heavy atom. The second-order valence-corrected chi connectivity index (χ2v) is 8.36. The summed E-state index contributed by atoms with van der Waals surface area (Å²) in [6.07, 6.45) is 4.02. The number of nitrogens with zero attached hydrogens (tertiary/aromatic N) is 2. The van der Waals surface area contributed by atoms with Crippen LogP contribution in [-0.2, 0) is 20.8 Å². The lowest BCUT2D eigenvalue weighted by Crippen LogP contribution is -2.40. The number of fused-ring (bicyclic) bond motifs is 1. The highest BCUT2D eigenvalue weighted by molar-refractivity contribution is 6.06. The Morgan fingerprint density at radius 3 is 2.74 bits per heavy atom. The van der Waals surface area contributed by atoms with Crippen molar-refractivity contribution in [1.29, 1.82) is 0 Å². The lowest BCUT2D eigenvalue weighted by Gasteiger charge is -2.31. The minimum Gasteiger partial charge on any atom is -0.466 e. The lowest BCUT2D eigenvalue weighted by atomic mass is 9.78. The number of esters is 1. The molecule has 31 heavy (non-hydrogen) atoms. The van der Waals surface area contributed by atoms with Crippen LogP contribution in [0.1, 0.15) is 48.8 Å². The molecule has 1 heterocycles. The molecule has 0 amide bonds. The molecule has 0 N–H and O–H groups in total. The predicted molar refractivity (Wildman–Crippen MR) is 122 cm³/mol. The number of ether oxygens (including phenoxy) is 1. The summed E-state index contributed by atoms with van der Waals surface area (Å²) in [5.41, 5.74) is 4.84. The van der Waals surface area contributed by atoms with Crippen molar-refractivity contribution < 1.29 is 14.4 Å². The number of aryl methyl sites for hydroxylation is 1. The van der Waals surface area contributed by atoms with Crippen molar-refractivity contribution >= 4 is 11.7 Å². The summed E-state index contributed by atoms with van der Waals surface area (Å²) in [4.78, 5) is 20.2. The first-order valence-corrected chi connectivity index (χ1v) is 11.5. The summed E-state index contributed by atoms with van der Waals surface area (Å²) in [5.74, 6) is 0.157. The molecule has 0 radical (unpaired) electrons. The molecule has 164 valence electrons. The van der Waals surface area contributed by atoms with E-state index < -0.39 is 0 Å². The van der Waals surface area contributed by atoms with E-state index in [4.69, 9.17) is 9.57 Å². The first-order chi connectivity index (χ1) is 15.3. The zero-order valence-corrected chi connectivity index (χ0v) is 18.3. The summed E-state index contributed by atoms with van der Waals surface area (Å²) in [5, 5.41) is 4.65. The molecule has 0 bridgehead atoms. The molecular formula is C26H32N2O3. The van der Waals surface area contributed by atoms with Crippen LogP contribution in [0, 0.1) is 5.92 Å². The highest BCUT2D eigenvalue weighted by Gasteiger charge is 2.28. The van der Waals surface area contributed by atoms with E-state index in [0.717, 1.165) is 51.0 Å². The van der Waals surface area contributed by atoms with Gasteiger partial charge in [0, 0.05) is 24.6 Å². The number of piperidine rings is 1. The molecule has 5 heteroatoms. The molecule has 2 aromatic rings. The Kier molecular flexibility index (Phi) is 7.36. The standard InChI is InChI=1S/C26H32N2O3/c1-2-30-26(29)22-12-8-16-28(19-22)17-18-31-27-25-23-13-7-6-11-21(23)14-15-24(25)20-9-4-3-5-10-20/h3-7,9-11,13,22,24H,2,8,12,14-19H2,1H3/t22-,24?/m1/s1. The summed E-state index contributed by atoms with van der Waals surface area (Å²) in [7, 11) is 0. The maximum absolute atomic E-state index is 12.1. The molecular weight excluding hydrogens is 388 g/mol. The van der Waals surface area contributed by atoms with Crippen molar-refractivity contribution in [3.8, 4) is 0 Å². The van der Waals surface area contributed by atoms with Gasteiger partial charge in [0.25, 0.3) is 0 Å². The monoisotopic (exact) mass is 420 g/mol. The van der Waals surface area contributed by atoms with Gasteiger partial charge in [0.1, 0.15) is 6.61 Å². The number of carbonyl (C=O) groups excluding carboxylic acids is 1. The molecule has 1 aliphatic carbocycles. The molecule has 0 saturated carbocycles. The Bertz CT molecular complexity index is 897. The Labute approximate surface area is 185 Å². The Balaban J connectivity index is 1.41. The van der Waals surface area contributed by atoms with Gasteiger partial charge in [0.2, 0.25) is 0 Å². The Hall–Kier alpha value is -2.66. The summed E-state index contributed by atoms with van der Waals surface area (Å²) < 4.78 is 5.20. The van der Waals surface area contributed by atoms with E-state index in [1.807, 2.05) is 6.92 Å². The van der Waals surface area contributed by atoms with Crippen LogP contribution in [0.25, 0.3) is 0 Å². The quantitative estimate of drug-likeness (QED) is 0.378. The molecule has 2 aromatic carbocycles. The molecule has 2 aliphatic rings. The van der Waals surface area contributed by atoms with Gasteiger partial charge in [-0.25, -0.2) is 0 Å². The van der Waals surface area contributed by atoms with Gasteiger partial charge in [-0.1, -0.05) is 59.8 Å². The van der Waals surface area contributed by atoms with E-state index in [-0.39, 0.29) is 17.8 Å². The van der Waals surface area contributed by atoms with E-state index in [1.165, 1.54) is 16.7 Å². The summed E-state index contributed by atoms with van der Waals surface area (Å²) >= 11 is 0. The third-order valence-corrected chi connectivity index (χ3v) is 6.31. The van der Waals surface area contributed by atoms with Crippen molar-refractivity contribution in [3.63, 3.8) is 0 Å². The third kappa shape index (κ3) is 5.34. The van der Waals surface area contributed by atoms with E-state index in [1.54, 1.807) is 0 Å². The van der Waals surface area contributed by atoms with Crippen molar-refractivity contribution in [2.75, 3.05) is 32.8 Å². The van der Waals surface area contributed by atoms with Crippen molar-refractivity contribution in [2.24, 2.45) is 11.1 Å². The third-order valence-electron chi connectivity index (χ3n) is 6.31. The molecule has 1 fully saturated rings. The van der Waals surface area contributed by atoms with E-state index >= 15 is 0 Å². The zero-order chi connectivity index (χ0) is 21.5. The molecule has 0 aromatic heterocycles. The van der Waals surface area contributed by atoms with Crippen molar-refractivity contribution in [1.82, 2.24) is 4.90 Å². The number of carbonyl (C=O) groups is 1. The van der Waals surface area contributed by atoms with Crippen LogP contribution in [0.15, 0.2) is 59.8 Å². The van der Waals surface area contributed by atoms with Crippen LogP contribution in [0.3, 0.4) is 0 Å². The van der Waals surface area contributed by atoms with Crippen LogP contribution >= 0.6 is 0 Å². The number of rotatable bonds is 7. The van der Waals surface area contributed by atoms with Gasteiger partial charge in [-0.05, 0) is 50.3 Å². The lowest BCUT2D eigenvalue weighted by molar-refractivity contribution is -0.150. The van der Waals surface area contributed by atoms with E-state index in [2.05, 4.69) is 64.7 Å². The maximum Gasteiger partial charge on any atom is 0.310 e. The van der Waals surface area contributed by atoms with Gasteiger partial charge >= 0.3 is 5.97 Å². The van der Waals surface area contributed by atoms with Crippen LogP contribution in [0.2, 0.25) is 0 Å². The molecule has 1 saturated heterocycles. The van der Waals surface area contributed by atoms with Crippen LogP contribution in [0.4, 0.5) is 0 Å². The number of benzene rings is 2. The highest BCUT2D eigenvalue weighted by Crippen LogP contribution is 2.33. The van der Waals surface area contributed by atoms with Crippen molar-refractivity contribution in [2.45, 2.75) is 38.5 Å². The normalized spacial score (nSPS) is 22.7. The van der Waals surface area contributed by atoms with E-state index in [0.29, 0.717) is 13.2 Å². The second-order valence-electron chi connectivity index (χ2n) is 8.36. The zero-order valence-electron chi connectivity index (χ0n) is 18.3. The SMILES string of the molecule is CCOC(=O)[C@@H]1CCCN(CCON=C2c3ccccc3CCC2c2ccccc2)C1. The first kappa shape index (κ1) is 21.6. The number of hydrogen-bond acceptors (Lipinski definition) is 5. The highest BCUT2D eigenvalue weighted by atomic mass is 16.6. The molecule has 0 spiro atoms. The number of hydrogen-bond donors (Lipinski definition) is 0. The van der Waals surface area contributed by atoms with Crippen molar-refractivity contribution in [3.05, 3.63) is 71.3 Å². The Morgan fingerprint density at radius 1 is 1.10 bits per heavy atom. The second kappa shape index (κ2) is 10.6. The fourth-order valence-electron chi connectivity index (χ4n) is 4.73. The number of likely N-dealkylation sites (tertiary alicyclic amines) is 1. The molecule has 1 unspecified atom stereocenters. The van der Waals surface area contributed by atoms with E-state index in [9.17, 15) is 4.79 Å². The topological polar surface area (TPSA) is 51.1 Å². The average molecular weight is 421 g/mol. The van der Waals surface area contributed by atoms with Gasteiger partial charge in [-0.2, -0.15) is 0 Å². The largest absolute Gasteiger partial charge is 0.466 e. The summed E-state index contributed by atoms with van der Waals surface area (Å²) in [6.45, 7) is 5.32. The van der Waals surface area contributed by atoms with Gasteiger partial charge in [0.05, 0.1) is 18.2 Å². The average Bonchev–Trinajstić information content (AvgIpc) is 2.82.